The Balaban J connectivity index is 1.51. The van der Waals surface area contributed by atoms with E-state index in [-0.39, 0.29) is 17.7 Å². The van der Waals surface area contributed by atoms with E-state index >= 15 is 0 Å². The molecular formula is C21H28N4O2. The molecule has 2 aromatic rings. The van der Waals surface area contributed by atoms with Gasteiger partial charge in [-0.25, -0.2) is 4.98 Å². The van der Waals surface area contributed by atoms with Crippen molar-refractivity contribution in [3.8, 4) is 0 Å². The summed E-state index contributed by atoms with van der Waals surface area (Å²) in [5.41, 5.74) is 2.61. The Morgan fingerprint density at radius 1 is 1.07 bits per heavy atom. The smallest absolute Gasteiger partial charge is 0.253 e. The molecule has 1 saturated carbocycles. The fourth-order valence-electron chi connectivity index (χ4n) is 4.12. The Labute approximate surface area is 160 Å². The van der Waals surface area contributed by atoms with Crippen LogP contribution in [0.15, 0.2) is 18.2 Å². The first-order chi connectivity index (χ1) is 13.0. The van der Waals surface area contributed by atoms with Crippen LogP contribution < -0.4 is 0 Å². The molecule has 144 valence electrons. The fraction of sp³-hybridized carbons (Fsp3) is 0.571. The monoisotopic (exact) mass is 368 g/mol. The van der Waals surface area contributed by atoms with Crippen LogP contribution in [0.5, 0.6) is 0 Å². The average Bonchev–Trinajstić information content (AvgIpc) is 3.44. The lowest BCUT2D eigenvalue weighted by Crippen LogP contribution is -2.37. The maximum Gasteiger partial charge on any atom is 0.253 e. The van der Waals surface area contributed by atoms with Crippen molar-refractivity contribution < 1.29 is 9.59 Å². The summed E-state index contributed by atoms with van der Waals surface area (Å²) in [6.07, 6.45) is 2.90. The molecule has 27 heavy (non-hydrogen) atoms. The van der Waals surface area contributed by atoms with Gasteiger partial charge in [-0.3, -0.25) is 9.59 Å². The third-order valence-corrected chi connectivity index (χ3v) is 5.65. The summed E-state index contributed by atoms with van der Waals surface area (Å²) in [6, 6.07) is 6.14. The van der Waals surface area contributed by atoms with Crippen LogP contribution in [0, 0.1) is 12.8 Å². The summed E-state index contributed by atoms with van der Waals surface area (Å²) in [5.74, 6) is 1.53. The predicted octanol–water partition coefficient (Wildman–Crippen LogP) is 3.01. The molecule has 1 aromatic carbocycles. The van der Waals surface area contributed by atoms with Gasteiger partial charge in [0.05, 0.1) is 11.0 Å². The zero-order valence-electron chi connectivity index (χ0n) is 16.4. The van der Waals surface area contributed by atoms with Gasteiger partial charge < -0.3 is 14.4 Å². The highest BCUT2D eigenvalue weighted by Gasteiger charge is 2.34. The Morgan fingerprint density at radius 2 is 1.78 bits per heavy atom. The van der Waals surface area contributed by atoms with Crippen LogP contribution in [-0.2, 0) is 4.79 Å². The molecule has 1 saturated heterocycles. The van der Waals surface area contributed by atoms with Crippen LogP contribution in [0.1, 0.15) is 55.3 Å². The van der Waals surface area contributed by atoms with Crippen molar-refractivity contribution in [1.82, 2.24) is 19.4 Å². The molecule has 2 fully saturated rings. The maximum absolute atomic E-state index is 13.0. The van der Waals surface area contributed by atoms with E-state index in [1.807, 2.05) is 34.9 Å². The second kappa shape index (κ2) is 6.98. The van der Waals surface area contributed by atoms with Crippen molar-refractivity contribution in [1.29, 1.82) is 0 Å². The second-order valence-corrected chi connectivity index (χ2v) is 8.07. The molecular weight excluding hydrogens is 340 g/mol. The number of hydrogen-bond acceptors (Lipinski definition) is 3. The van der Waals surface area contributed by atoms with Gasteiger partial charge in [0, 0.05) is 43.7 Å². The zero-order chi connectivity index (χ0) is 19.1. The van der Waals surface area contributed by atoms with Crippen LogP contribution in [0.4, 0.5) is 0 Å². The molecule has 0 spiro atoms. The second-order valence-electron chi connectivity index (χ2n) is 8.07. The fourth-order valence-corrected chi connectivity index (χ4v) is 4.12. The molecule has 1 aliphatic heterocycles. The van der Waals surface area contributed by atoms with Crippen molar-refractivity contribution in [2.24, 2.45) is 5.92 Å². The van der Waals surface area contributed by atoms with Gasteiger partial charge in [0.1, 0.15) is 5.82 Å². The minimum Gasteiger partial charge on any atom is -0.341 e. The maximum atomic E-state index is 13.0. The van der Waals surface area contributed by atoms with Crippen LogP contribution in [0.2, 0.25) is 0 Å². The predicted molar refractivity (Wildman–Crippen MR) is 105 cm³/mol. The third-order valence-electron chi connectivity index (χ3n) is 5.65. The minimum atomic E-state index is 0.0365. The Morgan fingerprint density at radius 3 is 2.48 bits per heavy atom. The Kier molecular flexibility index (Phi) is 4.66. The van der Waals surface area contributed by atoms with Crippen LogP contribution in [0.25, 0.3) is 11.0 Å². The highest BCUT2D eigenvalue weighted by molar-refractivity contribution is 5.97. The van der Waals surface area contributed by atoms with Gasteiger partial charge in [-0.2, -0.15) is 0 Å². The number of nitrogens with zero attached hydrogens (tertiary/aromatic N) is 4. The molecule has 0 unspecified atom stereocenters. The van der Waals surface area contributed by atoms with Gasteiger partial charge in [-0.1, -0.05) is 0 Å². The lowest BCUT2D eigenvalue weighted by atomic mass is 10.1. The van der Waals surface area contributed by atoms with Gasteiger partial charge in [-0.15, -0.1) is 0 Å². The number of aromatic nitrogens is 2. The standard InChI is InChI=1S/C21H28N4O2/c1-14(2)25-15(3)22-18-13-17(7-8-19(18)25)21(27)24-10-4-9-23(11-12-24)20(26)16-5-6-16/h7-8,13-14,16H,4-6,9-12H2,1-3H3. The number of rotatable bonds is 3. The molecule has 0 bridgehead atoms. The molecule has 4 rings (SSSR count). The van der Waals surface area contributed by atoms with Crippen molar-refractivity contribution in [3.63, 3.8) is 0 Å². The SMILES string of the molecule is Cc1nc2cc(C(=O)N3CCCN(C(=O)C4CC4)CC3)ccc2n1C(C)C. The van der Waals surface area contributed by atoms with Crippen molar-refractivity contribution in [3.05, 3.63) is 29.6 Å². The van der Waals surface area contributed by atoms with E-state index in [1.165, 1.54) is 0 Å². The summed E-state index contributed by atoms with van der Waals surface area (Å²) in [6.45, 7) is 8.99. The van der Waals surface area contributed by atoms with Gasteiger partial charge in [0.15, 0.2) is 0 Å². The first-order valence-electron chi connectivity index (χ1n) is 10.0. The summed E-state index contributed by atoms with van der Waals surface area (Å²) in [4.78, 5) is 33.8. The van der Waals surface area contributed by atoms with Crippen molar-refractivity contribution in [2.75, 3.05) is 26.2 Å². The summed E-state index contributed by atoms with van der Waals surface area (Å²) in [7, 11) is 0. The van der Waals surface area contributed by atoms with E-state index < -0.39 is 0 Å². The summed E-state index contributed by atoms with van der Waals surface area (Å²) >= 11 is 0. The minimum absolute atomic E-state index is 0.0365. The number of imidazole rings is 1. The number of aryl methyl sites for hydroxylation is 1. The molecule has 2 amide bonds. The van der Waals surface area contributed by atoms with Crippen LogP contribution >= 0.6 is 0 Å². The van der Waals surface area contributed by atoms with E-state index in [0.29, 0.717) is 31.2 Å². The van der Waals surface area contributed by atoms with Gasteiger partial charge in [-0.05, 0) is 58.2 Å². The van der Waals surface area contributed by atoms with E-state index in [0.717, 1.165) is 42.7 Å². The lowest BCUT2D eigenvalue weighted by molar-refractivity contribution is -0.132. The molecule has 0 radical (unpaired) electrons. The van der Waals surface area contributed by atoms with E-state index in [9.17, 15) is 9.59 Å². The number of amides is 2. The third kappa shape index (κ3) is 3.45. The van der Waals surface area contributed by atoms with Gasteiger partial charge in [0.25, 0.3) is 5.91 Å². The van der Waals surface area contributed by atoms with Crippen molar-refractivity contribution in [2.45, 2.75) is 46.1 Å². The highest BCUT2D eigenvalue weighted by atomic mass is 16.2. The van der Waals surface area contributed by atoms with E-state index in [1.54, 1.807) is 0 Å². The number of benzene rings is 1. The van der Waals surface area contributed by atoms with E-state index in [2.05, 4.69) is 23.4 Å². The molecule has 6 heteroatoms. The molecule has 2 heterocycles. The molecule has 0 atom stereocenters. The number of hydrogen-bond donors (Lipinski definition) is 0. The van der Waals surface area contributed by atoms with Gasteiger partial charge >= 0.3 is 0 Å². The largest absolute Gasteiger partial charge is 0.341 e. The van der Waals surface area contributed by atoms with Crippen molar-refractivity contribution >= 4 is 22.8 Å². The van der Waals surface area contributed by atoms with Crippen LogP contribution in [-0.4, -0.2) is 57.3 Å². The average molecular weight is 368 g/mol. The van der Waals surface area contributed by atoms with Gasteiger partial charge in [0.2, 0.25) is 5.91 Å². The summed E-state index contributed by atoms with van der Waals surface area (Å²) < 4.78 is 2.19. The number of carbonyl (C=O) groups is 2. The lowest BCUT2D eigenvalue weighted by Gasteiger charge is -2.22. The van der Waals surface area contributed by atoms with Crippen LogP contribution in [0.3, 0.4) is 0 Å². The summed E-state index contributed by atoms with van der Waals surface area (Å²) in [5, 5.41) is 0. The quantitative estimate of drug-likeness (QED) is 0.837. The highest BCUT2D eigenvalue weighted by Crippen LogP contribution is 2.31. The Hall–Kier alpha value is -2.37. The first kappa shape index (κ1) is 18.0. The topological polar surface area (TPSA) is 58.4 Å². The molecule has 6 nitrogen and oxygen atoms in total. The number of carbonyl (C=O) groups excluding carboxylic acids is 2. The zero-order valence-corrected chi connectivity index (χ0v) is 16.4. The van der Waals surface area contributed by atoms with E-state index in [4.69, 9.17) is 0 Å². The number of fused-ring (bicyclic) bond motifs is 1. The normalized spacial score (nSPS) is 18.2. The molecule has 1 aromatic heterocycles. The molecule has 0 N–H and O–H groups in total. The molecule has 2 aliphatic rings. The first-order valence-corrected chi connectivity index (χ1v) is 10.0. The molecule has 1 aliphatic carbocycles. The Bertz CT molecular complexity index is 882.